The maximum absolute atomic E-state index is 12.9. The molecule has 1 aliphatic rings. The summed E-state index contributed by atoms with van der Waals surface area (Å²) in [7, 11) is 3.12. The number of aryl methyl sites for hydroxylation is 1. The van der Waals surface area contributed by atoms with Crippen molar-refractivity contribution in [1.82, 2.24) is 15.0 Å². The summed E-state index contributed by atoms with van der Waals surface area (Å²) in [6.07, 6.45) is 1.19. The van der Waals surface area contributed by atoms with Crippen molar-refractivity contribution in [3.8, 4) is 22.9 Å². The zero-order valence-corrected chi connectivity index (χ0v) is 18.8. The number of hydrogen-bond acceptors (Lipinski definition) is 7. The summed E-state index contributed by atoms with van der Waals surface area (Å²) in [6, 6.07) is 12.4. The Balaban J connectivity index is 1.33. The number of nitrogens with zero attached hydrogens (tertiary/aromatic N) is 3. The van der Waals surface area contributed by atoms with E-state index in [2.05, 4.69) is 15.5 Å². The van der Waals surface area contributed by atoms with Crippen molar-refractivity contribution < 1.29 is 23.6 Å². The zero-order valence-electron chi connectivity index (χ0n) is 18.8. The summed E-state index contributed by atoms with van der Waals surface area (Å²) in [4.78, 5) is 31.7. The summed E-state index contributed by atoms with van der Waals surface area (Å²) >= 11 is 0. The fourth-order valence-corrected chi connectivity index (χ4v) is 3.83. The van der Waals surface area contributed by atoms with Crippen LogP contribution in [0.2, 0.25) is 0 Å². The summed E-state index contributed by atoms with van der Waals surface area (Å²) in [5.74, 6) is 1.89. The Kier molecular flexibility index (Phi) is 6.58. The highest BCUT2D eigenvalue weighted by molar-refractivity contribution is 5.95. The average Bonchev–Trinajstić information content (AvgIpc) is 3.29. The fourth-order valence-electron chi connectivity index (χ4n) is 3.83. The van der Waals surface area contributed by atoms with Gasteiger partial charge in [-0.2, -0.15) is 4.98 Å². The number of anilines is 1. The number of carbonyl (C=O) groups is 2. The Labute approximate surface area is 191 Å². The second-order valence-electron chi connectivity index (χ2n) is 7.87. The van der Waals surface area contributed by atoms with Gasteiger partial charge in [-0.25, -0.2) is 0 Å². The highest BCUT2D eigenvalue weighted by Crippen LogP contribution is 2.27. The summed E-state index contributed by atoms with van der Waals surface area (Å²) < 4.78 is 15.5. The molecule has 172 valence electrons. The molecule has 0 radical (unpaired) electrons. The van der Waals surface area contributed by atoms with Crippen LogP contribution in [0.25, 0.3) is 11.4 Å². The van der Waals surface area contributed by atoms with Crippen LogP contribution < -0.4 is 14.8 Å². The second-order valence-corrected chi connectivity index (χ2v) is 7.87. The Morgan fingerprint density at radius 3 is 2.21 bits per heavy atom. The van der Waals surface area contributed by atoms with E-state index in [1.807, 2.05) is 0 Å². The van der Waals surface area contributed by atoms with Gasteiger partial charge in [-0.1, -0.05) is 17.3 Å². The lowest BCUT2D eigenvalue weighted by Gasteiger charge is -2.31. The van der Waals surface area contributed by atoms with Gasteiger partial charge in [0, 0.05) is 60.9 Å². The number of benzene rings is 2. The van der Waals surface area contributed by atoms with Crippen molar-refractivity contribution in [3.05, 3.63) is 53.9 Å². The number of piperidine rings is 1. The van der Waals surface area contributed by atoms with Crippen LogP contribution in [0, 0.1) is 12.8 Å². The van der Waals surface area contributed by atoms with Gasteiger partial charge in [0.2, 0.25) is 17.6 Å². The molecule has 9 heteroatoms. The van der Waals surface area contributed by atoms with Crippen LogP contribution in [0.15, 0.2) is 47.0 Å². The first-order valence-electron chi connectivity index (χ1n) is 10.7. The third-order valence-electron chi connectivity index (χ3n) is 5.69. The molecule has 0 unspecified atom stereocenters. The van der Waals surface area contributed by atoms with Crippen LogP contribution in [0.1, 0.15) is 29.1 Å². The van der Waals surface area contributed by atoms with Crippen molar-refractivity contribution in [2.75, 3.05) is 32.6 Å². The highest BCUT2D eigenvalue weighted by atomic mass is 16.5. The van der Waals surface area contributed by atoms with Gasteiger partial charge in [0.15, 0.2) is 0 Å². The molecule has 2 heterocycles. The van der Waals surface area contributed by atoms with E-state index in [0.717, 1.165) is 5.56 Å². The van der Waals surface area contributed by atoms with Gasteiger partial charge in [0.25, 0.3) is 5.91 Å². The quantitative estimate of drug-likeness (QED) is 0.612. The van der Waals surface area contributed by atoms with Gasteiger partial charge in [-0.05, 0) is 25.0 Å². The molecule has 3 aromatic rings. The Bertz CT molecular complexity index is 1110. The molecular weight excluding hydrogens is 424 g/mol. The molecule has 33 heavy (non-hydrogen) atoms. The molecule has 9 nitrogen and oxygen atoms in total. The van der Waals surface area contributed by atoms with Crippen LogP contribution in [-0.2, 0) is 4.79 Å². The SMILES string of the molecule is COc1cc(NC(=O)C2CCN(C(=O)c3ccc(-c4noc(C)n4)cc3)CC2)cc(OC)c1. The third kappa shape index (κ3) is 5.14. The fraction of sp³-hybridized carbons (Fsp3) is 0.333. The van der Waals surface area contributed by atoms with Crippen LogP contribution in [0.3, 0.4) is 0 Å². The molecule has 0 spiro atoms. The number of amides is 2. The molecule has 0 atom stereocenters. The van der Waals surface area contributed by atoms with Crippen molar-refractivity contribution in [1.29, 1.82) is 0 Å². The van der Waals surface area contributed by atoms with Crippen molar-refractivity contribution in [3.63, 3.8) is 0 Å². The molecule has 0 aliphatic carbocycles. The van der Waals surface area contributed by atoms with E-state index < -0.39 is 0 Å². The number of rotatable bonds is 6. The smallest absolute Gasteiger partial charge is 0.253 e. The highest BCUT2D eigenvalue weighted by Gasteiger charge is 2.28. The molecule has 1 aromatic heterocycles. The first-order valence-corrected chi connectivity index (χ1v) is 10.7. The normalized spacial score (nSPS) is 14.1. The largest absolute Gasteiger partial charge is 0.497 e. The van der Waals surface area contributed by atoms with E-state index in [1.165, 1.54) is 0 Å². The topological polar surface area (TPSA) is 107 Å². The lowest BCUT2D eigenvalue weighted by molar-refractivity contribution is -0.121. The van der Waals surface area contributed by atoms with E-state index in [1.54, 1.807) is 68.5 Å². The van der Waals surface area contributed by atoms with Crippen molar-refractivity contribution >= 4 is 17.5 Å². The van der Waals surface area contributed by atoms with Crippen molar-refractivity contribution in [2.45, 2.75) is 19.8 Å². The Morgan fingerprint density at radius 1 is 1.03 bits per heavy atom. The number of hydrogen-bond donors (Lipinski definition) is 1. The first-order chi connectivity index (χ1) is 16.0. The van der Waals surface area contributed by atoms with E-state index in [-0.39, 0.29) is 17.7 Å². The number of carbonyl (C=O) groups excluding carboxylic acids is 2. The number of nitrogens with one attached hydrogen (secondary N) is 1. The van der Waals surface area contributed by atoms with Gasteiger partial charge in [0.05, 0.1) is 14.2 Å². The van der Waals surface area contributed by atoms with Crippen molar-refractivity contribution in [2.24, 2.45) is 5.92 Å². The molecule has 1 saturated heterocycles. The molecule has 1 aliphatic heterocycles. The van der Waals surface area contributed by atoms with E-state index in [0.29, 0.717) is 60.4 Å². The standard InChI is InChI=1S/C24H26N4O5/c1-15-25-22(27-33-15)16-4-6-18(7-5-16)24(30)28-10-8-17(9-11-28)23(29)26-19-12-20(31-2)14-21(13-19)32-3/h4-7,12-14,17H,8-11H2,1-3H3,(H,26,29). The number of ether oxygens (including phenoxy) is 2. The molecule has 2 aromatic carbocycles. The monoisotopic (exact) mass is 450 g/mol. The molecule has 4 rings (SSSR count). The zero-order chi connectivity index (χ0) is 23.4. The van der Waals surface area contributed by atoms with Crippen LogP contribution >= 0.6 is 0 Å². The van der Waals surface area contributed by atoms with Gasteiger partial charge in [-0.3, -0.25) is 9.59 Å². The summed E-state index contributed by atoms with van der Waals surface area (Å²) in [5.41, 5.74) is 1.99. The van der Waals surface area contributed by atoms with E-state index in [9.17, 15) is 9.59 Å². The molecule has 0 saturated carbocycles. The predicted octanol–water partition coefficient (Wildman–Crippen LogP) is 3.55. The third-order valence-corrected chi connectivity index (χ3v) is 5.69. The van der Waals surface area contributed by atoms with E-state index in [4.69, 9.17) is 14.0 Å². The molecular formula is C24H26N4O5. The lowest BCUT2D eigenvalue weighted by atomic mass is 9.95. The molecule has 2 amide bonds. The van der Waals surface area contributed by atoms with Gasteiger partial charge in [-0.15, -0.1) is 0 Å². The number of methoxy groups -OCH3 is 2. The lowest BCUT2D eigenvalue weighted by Crippen LogP contribution is -2.41. The maximum atomic E-state index is 12.9. The Hall–Kier alpha value is -3.88. The average molecular weight is 450 g/mol. The van der Waals surface area contributed by atoms with Crippen LogP contribution in [-0.4, -0.2) is 54.2 Å². The predicted molar refractivity (Wildman–Crippen MR) is 121 cm³/mol. The molecule has 1 N–H and O–H groups in total. The minimum absolute atomic E-state index is 0.0535. The van der Waals surface area contributed by atoms with Gasteiger partial charge >= 0.3 is 0 Å². The summed E-state index contributed by atoms with van der Waals surface area (Å²) in [5, 5.41) is 6.83. The van der Waals surface area contributed by atoms with Gasteiger partial charge in [0.1, 0.15) is 11.5 Å². The molecule has 1 fully saturated rings. The van der Waals surface area contributed by atoms with Gasteiger partial charge < -0.3 is 24.2 Å². The van der Waals surface area contributed by atoms with Crippen LogP contribution in [0.4, 0.5) is 5.69 Å². The number of likely N-dealkylation sites (tertiary alicyclic amines) is 1. The maximum Gasteiger partial charge on any atom is 0.253 e. The first kappa shape index (κ1) is 22.3. The summed E-state index contributed by atoms with van der Waals surface area (Å²) in [6.45, 7) is 2.76. The number of aromatic nitrogens is 2. The second kappa shape index (κ2) is 9.72. The molecule has 0 bridgehead atoms. The Morgan fingerprint density at radius 2 is 1.67 bits per heavy atom. The van der Waals surface area contributed by atoms with E-state index >= 15 is 0 Å². The minimum atomic E-state index is -0.171. The minimum Gasteiger partial charge on any atom is -0.497 e. The van der Waals surface area contributed by atoms with Crippen LogP contribution in [0.5, 0.6) is 11.5 Å².